The number of carboxylic acid groups (broad SMARTS) is 1. The summed E-state index contributed by atoms with van der Waals surface area (Å²) < 4.78 is 5.07. The highest BCUT2D eigenvalue weighted by Gasteiger charge is 2.22. The monoisotopic (exact) mass is 322 g/mol. The van der Waals surface area contributed by atoms with E-state index in [1.54, 1.807) is 0 Å². The van der Waals surface area contributed by atoms with Crippen molar-refractivity contribution >= 4 is 18.0 Å². The highest BCUT2D eigenvalue weighted by molar-refractivity contribution is 5.87. The minimum absolute atomic E-state index is 0.0951. The maximum atomic E-state index is 11.9. The van der Waals surface area contributed by atoms with Crippen LogP contribution in [0, 0.1) is 5.92 Å². The molecule has 0 saturated carbocycles. The van der Waals surface area contributed by atoms with Gasteiger partial charge in [0.05, 0.1) is 0 Å². The summed E-state index contributed by atoms with van der Waals surface area (Å²) in [6.07, 6.45) is -0.337. The van der Waals surface area contributed by atoms with E-state index in [-0.39, 0.29) is 12.5 Å². The first-order chi connectivity index (χ1) is 10.9. The molecule has 1 rings (SSSR count). The van der Waals surface area contributed by atoms with Crippen LogP contribution >= 0.6 is 0 Å². The van der Waals surface area contributed by atoms with Crippen LogP contribution in [0.5, 0.6) is 0 Å². The fraction of sp³-hybridized carbons (Fsp3) is 0.438. The fourth-order valence-corrected chi connectivity index (χ4v) is 1.90. The predicted molar refractivity (Wildman–Crippen MR) is 83.7 cm³/mol. The fourth-order valence-electron chi connectivity index (χ4n) is 1.90. The Morgan fingerprint density at radius 1 is 1.17 bits per heavy atom. The lowest BCUT2D eigenvalue weighted by Gasteiger charge is -2.19. The molecule has 0 fully saturated rings. The van der Waals surface area contributed by atoms with Gasteiger partial charge in [0, 0.05) is 0 Å². The molecule has 7 heteroatoms. The van der Waals surface area contributed by atoms with E-state index in [1.807, 2.05) is 44.2 Å². The Morgan fingerprint density at radius 3 is 2.39 bits per heavy atom. The summed E-state index contributed by atoms with van der Waals surface area (Å²) in [6, 6.07) is 8.32. The van der Waals surface area contributed by atoms with E-state index in [1.165, 1.54) is 0 Å². The Hall–Kier alpha value is -2.57. The van der Waals surface area contributed by atoms with Gasteiger partial charge in [-0.15, -0.1) is 0 Å². The number of carboxylic acids is 1. The molecule has 0 spiro atoms. The van der Waals surface area contributed by atoms with Crippen LogP contribution in [0.1, 0.15) is 25.8 Å². The van der Waals surface area contributed by atoms with Crippen LogP contribution in [0.15, 0.2) is 30.3 Å². The molecule has 0 aromatic heterocycles. The van der Waals surface area contributed by atoms with Gasteiger partial charge in [-0.3, -0.25) is 9.59 Å². The quantitative estimate of drug-likeness (QED) is 0.673. The summed E-state index contributed by atoms with van der Waals surface area (Å²) in [7, 11) is 0. The van der Waals surface area contributed by atoms with Crippen molar-refractivity contribution in [3.05, 3.63) is 35.9 Å². The van der Waals surface area contributed by atoms with E-state index in [9.17, 15) is 14.4 Å². The van der Waals surface area contributed by atoms with Gasteiger partial charge in [-0.1, -0.05) is 44.2 Å². The van der Waals surface area contributed by atoms with Crippen LogP contribution in [-0.4, -0.2) is 35.7 Å². The van der Waals surface area contributed by atoms with Crippen molar-refractivity contribution in [1.82, 2.24) is 10.6 Å². The molecular formula is C16H22N2O5. The van der Waals surface area contributed by atoms with Crippen LogP contribution in [0.2, 0.25) is 0 Å². The van der Waals surface area contributed by atoms with Crippen LogP contribution < -0.4 is 10.6 Å². The van der Waals surface area contributed by atoms with E-state index in [0.717, 1.165) is 5.56 Å². The maximum absolute atomic E-state index is 11.9. The molecule has 7 nitrogen and oxygen atoms in total. The number of amides is 2. The normalized spacial score (nSPS) is 11.6. The number of nitrogens with one attached hydrogen (secondary N) is 2. The molecule has 1 aromatic rings. The van der Waals surface area contributed by atoms with Crippen molar-refractivity contribution in [2.24, 2.45) is 5.92 Å². The van der Waals surface area contributed by atoms with Gasteiger partial charge in [-0.2, -0.15) is 0 Å². The molecular weight excluding hydrogens is 300 g/mol. The molecule has 2 amide bonds. The molecule has 0 saturated heterocycles. The van der Waals surface area contributed by atoms with Gasteiger partial charge in [0.1, 0.15) is 19.2 Å². The summed E-state index contributed by atoms with van der Waals surface area (Å²) in [5, 5.41) is 13.3. The predicted octanol–water partition coefficient (Wildman–Crippen LogP) is 1.53. The van der Waals surface area contributed by atoms with E-state index < -0.39 is 30.6 Å². The van der Waals surface area contributed by atoms with Gasteiger partial charge >= 0.3 is 12.1 Å². The number of hydrogen-bond acceptors (Lipinski definition) is 4. The molecule has 0 radical (unpaired) electrons. The molecule has 0 heterocycles. The number of aliphatic carboxylic acids is 1. The lowest BCUT2D eigenvalue weighted by molar-refractivity contribution is -0.138. The van der Waals surface area contributed by atoms with E-state index in [2.05, 4.69) is 10.6 Å². The second-order valence-electron chi connectivity index (χ2n) is 5.50. The molecule has 0 aliphatic carbocycles. The van der Waals surface area contributed by atoms with E-state index in [4.69, 9.17) is 9.84 Å². The Bertz CT molecular complexity index is 531. The van der Waals surface area contributed by atoms with Crippen molar-refractivity contribution in [3.63, 3.8) is 0 Å². The van der Waals surface area contributed by atoms with Crippen LogP contribution in [0.4, 0.5) is 4.79 Å². The van der Waals surface area contributed by atoms with Crippen molar-refractivity contribution in [2.75, 3.05) is 6.54 Å². The van der Waals surface area contributed by atoms with Gasteiger partial charge in [0.2, 0.25) is 5.91 Å². The standard InChI is InChI=1S/C16H22N2O5/c1-11(2)8-13(15(21)17-9-14(19)20)18-16(22)23-10-12-6-4-3-5-7-12/h3-7,11,13H,8-10H2,1-2H3,(H,17,21)(H,18,22)(H,19,20)/t13-/m1/s1. The molecule has 1 atom stereocenters. The number of alkyl carbamates (subject to hydrolysis) is 1. The van der Waals surface area contributed by atoms with Gasteiger partial charge in [-0.05, 0) is 17.9 Å². The third-order valence-electron chi connectivity index (χ3n) is 2.94. The zero-order valence-corrected chi connectivity index (χ0v) is 13.2. The first-order valence-corrected chi connectivity index (χ1v) is 7.35. The van der Waals surface area contributed by atoms with Gasteiger partial charge in [0.25, 0.3) is 0 Å². The third-order valence-corrected chi connectivity index (χ3v) is 2.94. The van der Waals surface area contributed by atoms with Crippen LogP contribution in [0.3, 0.4) is 0 Å². The lowest BCUT2D eigenvalue weighted by atomic mass is 10.0. The van der Waals surface area contributed by atoms with Gasteiger partial charge in [-0.25, -0.2) is 4.79 Å². The van der Waals surface area contributed by atoms with Crippen molar-refractivity contribution in [3.8, 4) is 0 Å². The Morgan fingerprint density at radius 2 is 1.83 bits per heavy atom. The van der Waals surface area contributed by atoms with Crippen molar-refractivity contribution in [1.29, 1.82) is 0 Å². The first kappa shape index (κ1) is 18.5. The Kier molecular flexibility index (Phi) is 7.59. The average Bonchev–Trinajstić information content (AvgIpc) is 2.50. The van der Waals surface area contributed by atoms with Crippen molar-refractivity contribution < 1.29 is 24.2 Å². The zero-order chi connectivity index (χ0) is 17.2. The average molecular weight is 322 g/mol. The second-order valence-corrected chi connectivity index (χ2v) is 5.50. The molecule has 1 aromatic carbocycles. The third kappa shape index (κ3) is 7.85. The number of carbonyl (C=O) groups excluding carboxylic acids is 2. The lowest BCUT2D eigenvalue weighted by Crippen LogP contribution is -2.48. The first-order valence-electron chi connectivity index (χ1n) is 7.35. The minimum atomic E-state index is -1.15. The highest BCUT2D eigenvalue weighted by atomic mass is 16.5. The Balaban J connectivity index is 2.52. The largest absolute Gasteiger partial charge is 0.480 e. The SMILES string of the molecule is CC(C)C[C@@H](NC(=O)OCc1ccccc1)C(=O)NCC(=O)O. The summed E-state index contributed by atoms with van der Waals surface area (Å²) in [5.74, 6) is -1.55. The van der Waals surface area contributed by atoms with Gasteiger partial charge < -0.3 is 20.5 Å². The minimum Gasteiger partial charge on any atom is -0.480 e. The Labute approximate surface area is 135 Å². The number of carbonyl (C=O) groups is 3. The summed E-state index contributed by atoms with van der Waals surface area (Å²) in [4.78, 5) is 34.3. The zero-order valence-electron chi connectivity index (χ0n) is 13.2. The number of benzene rings is 1. The van der Waals surface area contributed by atoms with Crippen LogP contribution in [-0.2, 0) is 20.9 Å². The summed E-state index contributed by atoms with van der Waals surface area (Å²) >= 11 is 0. The van der Waals surface area contributed by atoms with E-state index in [0.29, 0.717) is 6.42 Å². The highest BCUT2D eigenvalue weighted by Crippen LogP contribution is 2.06. The molecule has 3 N–H and O–H groups in total. The maximum Gasteiger partial charge on any atom is 0.408 e. The van der Waals surface area contributed by atoms with Crippen LogP contribution in [0.25, 0.3) is 0 Å². The smallest absolute Gasteiger partial charge is 0.408 e. The van der Waals surface area contributed by atoms with E-state index >= 15 is 0 Å². The number of rotatable bonds is 8. The molecule has 0 bridgehead atoms. The summed E-state index contributed by atoms with van der Waals surface area (Å²) in [5.41, 5.74) is 0.832. The molecule has 126 valence electrons. The molecule has 23 heavy (non-hydrogen) atoms. The topological polar surface area (TPSA) is 105 Å². The second kappa shape index (κ2) is 9.45. The molecule has 0 aliphatic heterocycles. The molecule has 0 unspecified atom stereocenters. The van der Waals surface area contributed by atoms with Gasteiger partial charge in [0.15, 0.2) is 0 Å². The molecule has 0 aliphatic rings. The number of hydrogen-bond donors (Lipinski definition) is 3. The van der Waals surface area contributed by atoms with Crippen molar-refractivity contribution in [2.45, 2.75) is 32.9 Å². The summed E-state index contributed by atoms with van der Waals surface area (Å²) in [6.45, 7) is 3.40. The number of ether oxygens (including phenoxy) is 1.